The highest BCUT2D eigenvalue weighted by atomic mass is 16.6. The lowest BCUT2D eigenvalue weighted by Gasteiger charge is -2.19. The van der Waals surface area contributed by atoms with Gasteiger partial charge in [0.15, 0.2) is 5.76 Å². The van der Waals surface area contributed by atoms with Crippen LogP contribution in [0.5, 0.6) is 0 Å². The van der Waals surface area contributed by atoms with Gasteiger partial charge in [0.2, 0.25) is 0 Å². The summed E-state index contributed by atoms with van der Waals surface area (Å²) in [5.74, 6) is 0.700. The zero-order valence-corrected chi connectivity index (χ0v) is 12.1. The van der Waals surface area contributed by atoms with Crippen LogP contribution in [-0.4, -0.2) is 16.9 Å². The summed E-state index contributed by atoms with van der Waals surface area (Å²) in [6.07, 6.45) is -0.472. The van der Waals surface area contributed by atoms with Gasteiger partial charge in [-0.15, -0.1) is 0 Å². The van der Waals surface area contributed by atoms with Gasteiger partial charge in [-0.1, -0.05) is 5.16 Å². The number of aryl methyl sites for hydroxylation is 1. The molecule has 1 aromatic carbocycles. The van der Waals surface area contributed by atoms with Crippen LogP contribution >= 0.6 is 0 Å². The van der Waals surface area contributed by atoms with Crippen molar-refractivity contribution in [2.24, 2.45) is 0 Å². The minimum Gasteiger partial charge on any atom is -0.444 e. The molecule has 2 aromatic rings. The number of nitrogens with one attached hydrogen (secondary N) is 1. The fraction of sp³-hybridized carbons (Fsp3) is 0.333. The second-order valence-electron chi connectivity index (χ2n) is 5.54. The molecule has 0 saturated carbocycles. The molecule has 1 amide bonds. The lowest BCUT2D eigenvalue weighted by molar-refractivity contribution is 0.0636. The summed E-state index contributed by atoms with van der Waals surface area (Å²) in [5.41, 5.74) is 1.89. The molecule has 1 aromatic heterocycles. The minimum atomic E-state index is -0.513. The van der Waals surface area contributed by atoms with Crippen molar-refractivity contribution in [3.05, 3.63) is 36.0 Å². The average Bonchev–Trinajstić information content (AvgIpc) is 2.74. The molecule has 0 radical (unpaired) electrons. The van der Waals surface area contributed by atoms with Crippen LogP contribution in [0, 0.1) is 6.92 Å². The lowest BCUT2D eigenvalue weighted by Crippen LogP contribution is -2.27. The molecule has 20 heavy (non-hydrogen) atoms. The maximum absolute atomic E-state index is 11.6. The van der Waals surface area contributed by atoms with Gasteiger partial charge < -0.3 is 9.26 Å². The summed E-state index contributed by atoms with van der Waals surface area (Å²) in [6, 6.07) is 9.14. The zero-order chi connectivity index (χ0) is 14.8. The van der Waals surface area contributed by atoms with E-state index in [4.69, 9.17) is 9.26 Å². The number of rotatable bonds is 2. The molecule has 106 valence electrons. The largest absolute Gasteiger partial charge is 0.444 e. The molecule has 5 heteroatoms. The quantitative estimate of drug-likeness (QED) is 0.899. The Morgan fingerprint density at radius 2 is 1.90 bits per heavy atom. The second-order valence-corrected chi connectivity index (χ2v) is 5.54. The van der Waals surface area contributed by atoms with Gasteiger partial charge in [0.25, 0.3) is 0 Å². The van der Waals surface area contributed by atoms with E-state index in [2.05, 4.69) is 10.5 Å². The summed E-state index contributed by atoms with van der Waals surface area (Å²) in [6.45, 7) is 7.33. The Bertz CT molecular complexity index is 594. The molecule has 2 rings (SSSR count). The van der Waals surface area contributed by atoms with Crippen LogP contribution in [0.2, 0.25) is 0 Å². The first-order chi connectivity index (χ1) is 9.33. The third-order valence-corrected chi connectivity index (χ3v) is 2.44. The van der Waals surface area contributed by atoms with Crippen LogP contribution in [0.25, 0.3) is 11.3 Å². The normalized spacial score (nSPS) is 11.2. The predicted molar refractivity (Wildman–Crippen MR) is 76.5 cm³/mol. The number of benzene rings is 1. The van der Waals surface area contributed by atoms with Gasteiger partial charge in [-0.05, 0) is 52.0 Å². The SMILES string of the molecule is Cc1cc(-c2ccc(NC(=O)OC(C)(C)C)cc2)on1. The van der Waals surface area contributed by atoms with Crippen LogP contribution in [0.3, 0.4) is 0 Å². The van der Waals surface area contributed by atoms with Crippen LogP contribution in [0.4, 0.5) is 10.5 Å². The van der Waals surface area contributed by atoms with Gasteiger partial charge >= 0.3 is 6.09 Å². The number of carbonyl (C=O) groups is 1. The number of hydrogen-bond donors (Lipinski definition) is 1. The van der Waals surface area contributed by atoms with E-state index in [1.54, 1.807) is 12.1 Å². The molecular weight excluding hydrogens is 256 g/mol. The third-order valence-electron chi connectivity index (χ3n) is 2.44. The number of nitrogens with zero attached hydrogens (tertiary/aromatic N) is 1. The molecule has 5 nitrogen and oxygen atoms in total. The maximum Gasteiger partial charge on any atom is 0.412 e. The molecule has 0 bridgehead atoms. The van der Waals surface area contributed by atoms with Gasteiger partial charge in [0.1, 0.15) is 5.60 Å². The molecule has 1 heterocycles. The summed E-state index contributed by atoms with van der Waals surface area (Å²) >= 11 is 0. The Morgan fingerprint density at radius 1 is 1.25 bits per heavy atom. The van der Waals surface area contributed by atoms with Gasteiger partial charge in [-0.3, -0.25) is 5.32 Å². The summed E-state index contributed by atoms with van der Waals surface area (Å²) in [4.78, 5) is 11.6. The molecule has 0 aliphatic rings. The van der Waals surface area contributed by atoms with Gasteiger partial charge in [0, 0.05) is 17.3 Å². The van der Waals surface area contributed by atoms with E-state index >= 15 is 0 Å². The Kier molecular flexibility index (Phi) is 3.79. The van der Waals surface area contributed by atoms with Crippen LogP contribution in [-0.2, 0) is 4.74 Å². The maximum atomic E-state index is 11.6. The highest BCUT2D eigenvalue weighted by molar-refractivity contribution is 5.85. The van der Waals surface area contributed by atoms with E-state index in [0.717, 1.165) is 11.3 Å². The summed E-state index contributed by atoms with van der Waals surface area (Å²) < 4.78 is 10.4. The van der Waals surface area contributed by atoms with E-state index in [1.807, 2.05) is 45.9 Å². The van der Waals surface area contributed by atoms with E-state index in [-0.39, 0.29) is 0 Å². The van der Waals surface area contributed by atoms with Gasteiger partial charge in [-0.2, -0.15) is 0 Å². The van der Waals surface area contributed by atoms with Crippen molar-refractivity contribution < 1.29 is 14.1 Å². The predicted octanol–water partition coefficient (Wildman–Crippen LogP) is 4.00. The number of hydrogen-bond acceptors (Lipinski definition) is 4. The average molecular weight is 274 g/mol. The first-order valence-electron chi connectivity index (χ1n) is 6.37. The molecule has 0 fully saturated rings. The topological polar surface area (TPSA) is 64.4 Å². The number of ether oxygens (including phenoxy) is 1. The van der Waals surface area contributed by atoms with Gasteiger partial charge in [0.05, 0.1) is 5.69 Å². The van der Waals surface area contributed by atoms with Crippen molar-refractivity contribution in [1.29, 1.82) is 0 Å². The standard InChI is InChI=1S/C15H18N2O3/c1-10-9-13(20-17-10)11-5-7-12(8-6-11)16-14(18)19-15(2,3)4/h5-9H,1-4H3,(H,16,18). The second kappa shape index (κ2) is 5.36. The molecule has 1 N–H and O–H groups in total. The zero-order valence-electron chi connectivity index (χ0n) is 12.1. The van der Waals surface area contributed by atoms with Crippen molar-refractivity contribution >= 4 is 11.8 Å². The fourth-order valence-electron chi connectivity index (χ4n) is 1.64. The van der Waals surface area contributed by atoms with Crippen LogP contribution < -0.4 is 5.32 Å². The summed E-state index contributed by atoms with van der Waals surface area (Å²) in [7, 11) is 0. The third kappa shape index (κ3) is 3.85. The highest BCUT2D eigenvalue weighted by Gasteiger charge is 2.16. The molecule has 0 unspecified atom stereocenters. The monoisotopic (exact) mass is 274 g/mol. The number of carbonyl (C=O) groups excluding carboxylic acids is 1. The van der Waals surface area contributed by atoms with Crippen molar-refractivity contribution in [1.82, 2.24) is 5.16 Å². The molecule has 0 atom stereocenters. The van der Waals surface area contributed by atoms with Crippen molar-refractivity contribution in [2.45, 2.75) is 33.3 Å². The Labute approximate surface area is 117 Å². The van der Waals surface area contributed by atoms with Crippen molar-refractivity contribution in [3.63, 3.8) is 0 Å². The van der Waals surface area contributed by atoms with Crippen molar-refractivity contribution in [2.75, 3.05) is 5.32 Å². The molecule has 0 aliphatic carbocycles. The van der Waals surface area contributed by atoms with E-state index < -0.39 is 11.7 Å². The lowest BCUT2D eigenvalue weighted by atomic mass is 10.1. The molecule has 0 saturated heterocycles. The fourth-order valence-corrected chi connectivity index (χ4v) is 1.64. The smallest absolute Gasteiger partial charge is 0.412 e. The number of anilines is 1. The first-order valence-corrected chi connectivity index (χ1v) is 6.37. The van der Waals surface area contributed by atoms with Crippen LogP contribution in [0.1, 0.15) is 26.5 Å². The Balaban J connectivity index is 2.03. The van der Waals surface area contributed by atoms with E-state index in [1.165, 1.54) is 0 Å². The van der Waals surface area contributed by atoms with E-state index in [9.17, 15) is 4.79 Å². The van der Waals surface area contributed by atoms with E-state index in [0.29, 0.717) is 11.4 Å². The number of aromatic nitrogens is 1. The highest BCUT2D eigenvalue weighted by Crippen LogP contribution is 2.22. The Hall–Kier alpha value is -2.30. The molecule has 0 aliphatic heterocycles. The summed E-state index contributed by atoms with van der Waals surface area (Å²) in [5, 5.41) is 6.51. The minimum absolute atomic E-state index is 0.472. The van der Waals surface area contributed by atoms with Crippen molar-refractivity contribution in [3.8, 4) is 11.3 Å². The number of amides is 1. The molecular formula is C15H18N2O3. The Morgan fingerprint density at radius 3 is 2.40 bits per heavy atom. The van der Waals surface area contributed by atoms with Crippen LogP contribution in [0.15, 0.2) is 34.9 Å². The first kappa shape index (κ1) is 14.1. The van der Waals surface area contributed by atoms with Gasteiger partial charge in [-0.25, -0.2) is 4.79 Å². The molecule has 0 spiro atoms.